The van der Waals surface area contributed by atoms with Gasteiger partial charge in [0.25, 0.3) is 0 Å². The third-order valence-corrected chi connectivity index (χ3v) is 3.22. The summed E-state index contributed by atoms with van der Waals surface area (Å²) in [5, 5.41) is 2.87. The zero-order valence-electron chi connectivity index (χ0n) is 13.3. The molecular weight excluding hydrogens is 268 g/mol. The van der Waals surface area contributed by atoms with E-state index < -0.39 is 6.04 Å². The number of methoxy groups -OCH3 is 2. The van der Waals surface area contributed by atoms with Gasteiger partial charge in [0.15, 0.2) is 11.5 Å². The first-order valence-corrected chi connectivity index (χ1v) is 7.22. The minimum absolute atomic E-state index is 0.0934. The molecule has 1 aromatic rings. The Morgan fingerprint density at radius 2 is 1.90 bits per heavy atom. The average molecular weight is 294 g/mol. The maximum atomic E-state index is 11.8. The van der Waals surface area contributed by atoms with Crippen LogP contribution in [-0.4, -0.2) is 32.7 Å². The Bertz CT molecular complexity index is 461. The fourth-order valence-electron chi connectivity index (χ4n) is 2.11. The molecule has 0 aliphatic heterocycles. The van der Waals surface area contributed by atoms with E-state index in [1.54, 1.807) is 14.2 Å². The lowest BCUT2D eigenvalue weighted by molar-refractivity contribution is -0.122. The second-order valence-electron chi connectivity index (χ2n) is 5.47. The van der Waals surface area contributed by atoms with Crippen molar-refractivity contribution >= 4 is 5.91 Å². The Morgan fingerprint density at radius 3 is 2.48 bits per heavy atom. The van der Waals surface area contributed by atoms with E-state index in [1.807, 2.05) is 18.2 Å². The van der Waals surface area contributed by atoms with Gasteiger partial charge >= 0.3 is 0 Å². The molecular formula is C16H26N2O3. The number of benzene rings is 1. The van der Waals surface area contributed by atoms with Crippen LogP contribution < -0.4 is 20.5 Å². The van der Waals surface area contributed by atoms with E-state index in [4.69, 9.17) is 15.2 Å². The number of hydrogen-bond acceptors (Lipinski definition) is 4. The predicted molar refractivity (Wildman–Crippen MR) is 83.7 cm³/mol. The van der Waals surface area contributed by atoms with Crippen molar-refractivity contribution in [3.05, 3.63) is 23.8 Å². The summed E-state index contributed by atoms with van der Waals surface area (Å²) in [7, 11) is 3.21. The first kappa shape index (κ1) is 17.3. The summed E-state index contributed by atoms with van der Waals surface area (Å²) in [4.78, 5) is 11.8. The molecule has 21 heavy (non-hydrogen) atoms. The molecule has 118 valence electrons. The Balaban J connectivity index is 2.47. The molecule has 0 heterocycles. The van der Waals surface area contributed by atoms with Crippen LogP contribution in [0.1, 0.15) is 25.8 Å². The van der Waals surface area contributed by atoms with E-state index in [0.717, 1.165) is 12.0 Å². The van der Waals surface area contributed by atoms with E-state index in [1.165, 1.54) is 0 Å². The topological polar surface area (TPSA) is 73.6 Å². The number of carbonyl (C=O) groups excluding carboxylic acids is 1. The lowest BCUT2D eigenvalue weighted by Crippen LogP contribution is -2.42. The third-order valence-electron chi connectivity index (χ3n) is 3.22. The quantitative estimate of drug-likeness (QED) is 0.766. The SMILES string of the molecule is COc1ccc(CCNC(=O)C(N)CC(C)C)cc1OC. The van der Waals surface area contributed by atoms with Crippen LogP contribution in [0, 0.1) is 5.92 Å². The Kier molecular flexibility index (Phi) is 7.02. The van der Waals surface area contributed by atoms with Crippen molar-refractivity contribution in [3.63, 3.8) is 0 Å². The van der Waals surface area contributed by atoms with Gasteiger partial charge in [-0.3, -0.25) is 4.79 Å². The van der Waals surface area contributed by atoms with Gasteiger partial charge in [-0.2, -0.15) is 0 Å². The Hall–Kier alpha value is -1.75. The number of ether oxygens (including phenoxy) is 2. The van der Waals surface area contributed by atoms with Crippen LogP contribution in [0.5, 0.6) is 11.5 Å². The van der Waals surface area contributed by atoms with Crippen molar-refractivity contribution in [1.29, 1.82) is 0 Å². The highest BCUT2D eigenvalue weighted by Crippen LogP contribution is 2.27. The molecule has 3 N–H and O–H groups in total. The molecule has 0 fully saturated rings. The highest BCUT2D eigenvalue weighted by Gasteiger charge is 2.14. The number of carbonyl (C=O) groups is 1. The van der Waals surface area contributed by atoms with E-state index in [9.17, 15) is 4.79 Å². The maximum Gasteiger partial charge on any atom is 0.236 e. The van der Waals surface area contributed by atoms with Crippen molar-refractivity contribution in [2.24, 2.45) is 11.7 Å². The van der Waals surface area contributed by atoms with Gasteiger partial charge in [0, 0.05) is 6.54 Å². The van der Waals surface area contributed by atoms with Crippen molar-refractivity contribution in [3.8, 4) is 11.5 Å². The molecule has 0 aromatic heterocycles. The molecule has 0 bridgehead atoms. The summed E-state index contributed by atoms with van der Waals surface area (Å²) in [6.45, 7) is 4.66. The summed E-state index contributed by atoms with van der Waals surface area (Å²) in [6.07, 6.45) is 1.42. The summed E-state index contributed by atoms with van der Waals surface area (Å²) < 4.78 is 10.4. The fraction of sp³-hybridized carbons (Fsp3) is 0.562. The zero-order valence-corrected chi connectivity index (χ0v) is 13.3. The Morgan fingerprint density at radius 1 is 1.24 bits per heavy atom. The molecule has 0 radical (unpaired) electrons. The molecule has 0 aliphatic rings. The van der Waals surface area contributed by atoms with Gasteiger partial charge < -0.3 is 20.5 Å². The number of nitrogens with one attached hydrogen (secondary N) is 1. The van der Waals surface area contributed by atoms with Gasteiger partial charge in [-0.1, -0.05) is 19.9 Å². The van der Waals surface area contributed by atoms with Gasteiger partial charge in [0.2, 0.25) is 5.91 Å². The highest BCUT2D eigenvalue weighted by molar-refractivity contribution is 5.81. The molecule has 5 heteroatoms. The van der Waals surface area contributed by atoms with Crippen LogP contribution in [0.3, 0.4) is 0 Å². The van der Waals surface area contributed by atoms with Crippen molar-refractivity contribution in [1.82, 2.24) is 5.32 Å². The van der Waals surface area contributed by atoms with Crippen LogP contribution in [0.2, 0.25) is 0 Å². The van der Waals surface area contributed by atoms with Crippen LogP contribution in [0.15, 0.2) is 18.2 Å². The van der Waals surface area contributed by atoms with Crippen LogP contribution in [0.4, 0.5) is 0 Å². The normalized spacial score (nSPS) is 12.1. The third kappa shape index (κ3) is 5.63. The van der Waals surface area contributed by atoms with Gasteiger partial charge in [-0.05, 0) is 36.5 Å². The van der Waals surface area contributed by atoms with Gasteiger partial charge in [-0.15, -0.1) is 0 Å². The minimum Gasteiger partial charge on any atom is -0.493 e. The fourth-order valence-corrected chi connectivity index (χ4v) is 2.11. The van der Waals surface area contributed by atoms with Gasteiger partial charge in [-0.25, -0.2) is 0 Å². The lowest BCUT2D eigenvalue weighted by Gasteiger charge is -2.14. The van der Waals surface area contributed by atoms with E-state index in [-0.39, 0.29) is 5.91 Å². The largest absolute Gasteiger partial charge is 0.493 e. The summed E-state index contributed by atoms with van der Waals surface area (Å²) in [5.41, 5.74) is 6.91. The zero-order chi connectivity index (χ0) is 15.8. The standard InChI is InChI=1S/C16H26N2O3/c1-11(2)9-13(17)16(19)18-8-7-12-5-6-14(20-3)15(10-12)21-4/h5-6,10-11,13H,7-9,17H2,1-4H3,(H,18,19). The smallest absolute Gasteiger partial charge is 0.236 e. The molecule has 0 spiro atoms. The summed E-state index contributed by atoms with van der Waals surface area (Å²) in [5.74, 6) is 1.71. The molecule has 1 aromatic carbocycles. The lowest BCUT2D eigenvalue weighted by atomic mass is 10.0. The first-order valence-electron chi connectivity index (χ1n) is 7.22. The first-order chi connectivity index (χ1) is 9.97. The molecule has 1 atom stereocenters. The molecule has 5 nitrogen and oxygen atoms in total. The molecule has 1 rings (SSSR count). The summed E-state index contributed by atoms with van der Waals surface area (Å²) in [6, 6.07) is 5.30. The number of rotatable bonds is 8. The second kappa shape index (κ2) is 8.52. The molecule has 1 unspecified atom stereocenters. The van der Waals surface area contributed by atoms with Crippen LogP contribution in [0.25, 0.3) is 0 Å². The maximum absolute atomic E-state index is 11.8. The molecule has 0 saturated carbocycles. The Labute approximate surface area is 126 Å². The number of amides is 1. The van der Waals surface area contributed by atoms with Crippen molar-refractivity contribution < 1.29 is 14.3 Å². The average Bonchev–Trinajstić information content (AvgIpc) is 2.46. The number of hydrogen-bond donors (Lipinski definition) is 2. The van der Waals surface area contributed by atoms with Crippen LogP contribution >= 0.6 is 0 Å². The molecule has 0 saturated heterocycles. The van der Waals surface area contributed by atoms with Gasteiger partial charge in [0.1, 0.15) is 0 Å². The molecule has 0 aliphatic carbocycles. The predicted octanol–water partition coefficient (Wildman–Crippen LogP) is 1.74. The van der Waals surface area contributed by atoms with E-state index in [2.05, 4.69) is 19.2 Å². The van der Waals surface area contributed by atoms with Crippen molar-refractivity contribution in [2.75, 3.05) is 20.8 Å². The van der Waals surface area contributed by atoms with Crippen molar-refractivity contribution in [2.45, 2.75) is 32.7 Å². The summed E-state index contributed by atoms with van der Waals surface area (Å²) >= 11 is 0. The van der Waals surface area contributed by atoms with E-state index in [0.29, 0.717) is 30.4 Å². The second-order valence-corrected chi connectivity index (χ2v) is 5.47. The van der Waals surface area contributed by atoms with Gasteiger partial charge in [0.05, 0.1) is 20.3 Å². The van der Waals surface area contributed by atoms with Crippen LogP contribution in [-0.2, 0) is 11.2 Å². The molecule has 1 amide bonds. The monoisotopic (exact) mass is 294 g/mol. The van der Waals surface area contributed by atoms with E-state index >= 15 is 0 Å². The highest BCUT2D eigenvalue weighted by atomic mass is 16.5. The minimum atomic E-state index is -0.435. The number of nitrogens with two attached hydrogens (primary N) is 1.